The molecule has 1 saturated heterocycles. The summed E-state index contributed by atoms with van der Waals surface area (Å²) in [6.07, 6.45) is 8.02. The van der Waals surface area contributed by atoms with E-state index in [4.69, 9.17) is 0 Å². The zero-order valence-electron chi connectivity index (χ0n) is 12.0. The van der Waals surface area contributed by atoms with Gasteiger partial charge in [0.25, 0.3) is 0 Å². The summed E-state index contributed by atoms with van der Waals surface area (Å²) in [6.45, 7) is 6.10. The molecule has 1 fully saturated rings. The van der Waals surface area contributed by atoms with Crippen LogP contribution < -0.4 is 5.32 Å². The fraction of sp³-hybridized carbons (Fsp3) is 0.647. The fourth-order valence-corrected chi connectivity index (χ4v) is 3.40. The second kappa shape index (κ2) is 6.53. The van der Waals surface area contributed by atoms with Gasteiger partial charge in [-0.15, -0.1) is 0 Å². The molecule has 0 aromatic heterocycles. The lowest BCUT2D eigenvalue weighted by molar-refractivity contribution is 0.331. The predicted octanol–water partition coefficient (Wildman–Crippen LogP) is 2.75. The number of hydrogen-bond donors (Lipinski definition) is 1. The molecule has 1 aliphatic heterocycles. The maximum absolute atomic E-state index is 3.59. The van der Waals surface area contributed by atoms with Crippen molar-refractivity contribution in [3.63, 3.8) is 0 Å². The van der Waals surface area contributed by atoms with E-state index in [2.05, 4.69) is 28.4 Å². The van der Waals surface area contributed by atoms with Crippen molar-refractivity contribution in [3.8, 4) is 0 Å². The average Bonchev–Trinajstić information content (AvgIpc) is 3.08. The SMILES string of the molecule is c1cc2c(cc1CNCCCN1CCCC1)CCC2. The number of rotatable bonds is 6. The summed E-state index contributed by atoms with van der Waals surface area (Å²) in [5, 5.41) is 3.59. The number of nitrogens with one attached hydrogen (secondary N) is 1. The minimum atomic E-state index is 1.03. The van der Waals surface area contributed by atoms with Crippen molar-refractivity contribution in [2.24, 2.45) is 0 Å². The number of hydrogen-bond acceptors (Lipinski definition) is 2. The third-order valence-electron chi connectivity index (χ3n) is 4.52. The molecule has 1 heterocycles. The Kier molecular flexibility index (Phi) is 4.52. The number of fused-ring (bicyclic) bond motifs is 1. The van der Waals surface area contributed by atoms with Gasteiger partial charge < -0.3 is 10.2 Å². The van der Waals surface area contributed by atoms with Gasteiger partial charge in [-0.1, -0.05) is 18.2 Å². The van der Waals surface area contributed by atoms with E-state index >= 15 is 0 Å². The van der Waals surface area contributed by atoms with E-state index in [9.17, 15) is 0 Å². The third kappa shape index (κ3) is 3.58. The Labute approximate surface area is 117 Å². The Morgan fingerprint density at radius 2 is 1.84 bits per heavy atom. The zero-order valence-corrected chi connectivity index (χ0v) is 12.0. The largest absolute Gasteiger partial charge is 0.313 e. The van der Waals surface area contributed by atoms with Gasteiger partial charge in [0.15, 0.2) is 0 Å². The minimum absolute atomic E-state index is 1.03. The van der Waals surface area contributed by atoms with E-state index in [1.807, 2.05) is 0 Å². The molecule has 1 aromatic carbocycles. The summed E-state index contributed by atoms with van der Waals surface area (Å²) >= 11 is 0. The van der Waals surface area contributed by atoms with Crippen molar-refractivity contribution in [2.75, 3.05) is 26.2 Å². The van der Waals surface area contributed by atoms with Gasteiger partial charge in [-0.2, -0.15) is 0 Å². The summed E-state index contributed by atoms with van der Waals surface area (Å²) in [5.74, 6) is 0. The molecule has 3 rings (SSSR count). The minimum Gasteiger partial charge on any atom is -0.313 e. The highest BCUT2D eigenvalue weighted by Crippen LogP contribution is 2.22. The Morgan fingerprint density at radius 1 is 1.00 bits per heavy atom. The Hall–Kier alpha value is -0.860. The first kappa shape index (κ1) is 13.1. The monoisotopic (exact) mass is 258 g/mol. The van der Waals surface area contributed by atoms with E-state index in [-0.39, 0.29) is 0 Å². The summed E-state index contributed by atoms with van der Waals surface area (Å²) in [6, 6.07) is 7.05. The van der Waals surface area contributed by atoms with Gasteiger partial charge in [-0.25, -0.2) is 0 Å². The highest BCUT2D eigenvalue weighted by Gasteiger charge is 2.11. The lowest BCUT2D eigenvalue weighted by Crippen LogP contribution is -2.24. The van der Waals surface area contributed by atoms with Gasteiger partial charge in [0, 0.05) is 6.54 Å². The summed E-state index contributed by atoms with van der Waals surface area (Å²) < 4.78 is 0. The summed E-state index contributed by atoms with van der Waals surface area (Å²) in [4.78, 5) is 2.59. The molecular formula is C17H26N2. The molecule has 0 bridgehead atoms. The molecule has 104 valence electrons. The van der Waals surface area contributed by atoms with Crippen LogP contribution in [0.4, 0.5) is 0 Å². The lowest BCUT2D eigenvalue weighted by atomic mass is 10.1. The van der Waals surface area contributed by atoms with Crippen LogP contribution in [0.5, 0.6) is 0 Å². The molecule has 0 unspecified atom stereocenters. The third-order valence-corrected chi connectivity index (χ3v) is 4.52. The number of benzene rings is 1. The molecule has 19 heavy (non-hydrogen) atoms. The second-order valence-corrected chi connectivity index (χ2v) is 6.04. The zero-order chi connectivity index (χ0) is 12.9. The van der Waals surface area contributed by atoms with Crippen molar-refractivity contribution in [1.82, 2.24) is 10.2 Å². The van der Waals surface area contributed by atoms with Crippen molar-refractivity contribution in [3.05, 3.63) is 34.9 Å². The molecule has 0 saturated carbocycles. The maximum Gasteiger partial charge on any atom is 0.0205 e. The van der Waals surface area contributed by atoms with E-state index in [0.29, 0.717) is 0 Å². The first-order chi connectivity index (χ1) is 9.42. The molecule has 0 radical (unpaired) electrons. The molecule has 1 aliphatic carbocycles. The van der Waals surface area contributed by atoms with Crippen LogP contribution in [0.15, 0.2) is 18.2 Å². The molecule has 0 spiro atoms. The van der Waals surface area contributed by atoms with Crippen LogP contribution in [0, 0.1) is 0 Å². The van der Waals surface area contributed by atoms with Gasteiger partial charge in [-0.05, 0) is 81.4 Å². The molecule has 2 aliphatic rings. The first-order valence-electron chi connectivity index (χ1n) is 7.95. The van der Waals surface area contributed by atoms with Crippen molar-refractivity contribution < 1.29 is 0 Å². The summed E-state index contributed by atoms with van der Waals surface area (Å²) in [7, 11) is 0. The van der Waals surface area contributed by atoms with E-state index in [0.717, 1.165) is 13.1 Å². The molecule has 1 N–H and O–H groups in total. The number of nitrogens with zero attached hydrogens (tertiary/aromatic N) is 1. The smallest absolute Gasteiger partial charge is 0.0205 e. The first-order valence-corrected chi connectivity index (χ1v) is 7.95. The van der Waals surface area contributed by atoms with Crippen molar-refractivity contribution in [2.45, 2.75) is 45.1 Å². The van der Waals surface area contributed by atoms with Gasteiger partial charge >= 0.3 is 0 Å². The second-order valence-electron chi connectivity index (χ2n) is 6.04. The highest BCUT2D eigenvalue weighted by atomic mass is 15.1. The quantitative estimate of drug-likeness (QED) is 0.789. The van der Waals surface area contributed by atoms with Crippen LogP contribution in [0.1, 0.15) is 42.4 Å². The van der Waals surface area contributed by atoms with E-state index < -0.39 is 0 Å². The Morgan fingerprint density at radius 3 is 2.74 bits per heavy atom. The van der Waals surface area contributed by atoms with Crippen LogP contribution in [0.3, 0.4) is 0 Å². The molecule has 2 heteroatoms. The van der Waals surface area contributed by atoms with Gasteiger partial charge in [0.2, 0.25) is 0 Å². The van der Waals surface area contributed by atoms with Gasteiger partial charge in [0.1, 0.15) is 0 Å². The van der Waals surface area contributed by atoms with E-state index in [1.165, 1.54) is 63.7 Å². The standard InChI is InChI=1S/C17H26N2/c1-2-11-19(10-1)12-4-9-18-14-15-7-8-16-5-3-6-17(16)13-15/h7-8,13,18H,1-6,9-12,14H2. The maximum atomic E-state index is 3.59. The van der Waals surface area contributed by atoms with Crippen LogP contribution in [0.25, 0.3) is 0 Å². The predicted molar refractivity (Wildman–Crippen MR) is 80.5 cm³/mol. The van der Waals surface area contributed by atoms with Crippen LogP contribution in [-0.2, 0) is 19.4 Å². The highest BCUT2D eigenvalue weighted by molar-refractivity contribution is 5.35. The van der Waals surface area contributed by atoms with E-state index in [1.54, 1.807) is 11.1 Å². The van der Waals surface area contributed by atoms with Crippen LogP contribution >= 0.6 is 0 Å². The molecular weight excluding hydrogens is 232 g/mol. The van der Waals surface area contributed by atoms with Crippen molar-refractivity contribution >= 4 is 0 Å². The van der Waals surface area contributed by atoms with Crippen molar-refractivity contribution in [1.29, 1.82) is 0 Å². The van der Waals surface area contributed by atoms with Gasteiger partial charge in [-0.3, -0.25) is 0 Å². The number of aryl methyl sites for hydroxylation is 2. The topological polar surface area (TPSA) is 15.3 Å². The molecule has 0 atom stereocenters. The number of likely N-dealkylation sites (tertiary alicyclic amines) is 1. The average molecular weight is 258 g/mol. The van der Waals surface area contributed by atoms with Crippen LogP contribution in [0.2, 0.25) is 0 Å². The van der Waals surface area contributed by atoms with Gasteiger partial charge in [0.05, 0.1) is 0 Å². The molecule has 1 aromatic rings. The fourth-order valence-electron chi connectivity index (χ4n) is 3.40. The Bertz CT molecular complexity index is 408. The molecule has 0 amide bonds. The van der Waals surface area contributed by atoms with Crippen LogP contribution in [-0.4, -0.2) is 31.1 Å². The summed E-state index contributed by atoms with van der Waals surface area (Å²) in [5.41, 5.74) is 4.64. The lowest BCUT2D eigenvalue weighted by Gasteiger charge is -2.14. The Balaban J connectivity index is 1.35. The molecule has 2 nitrogen and oxygen atoms in total. The normalized spacial score (nSPS) is 18.9.